The molecule has 1 fully saturated rings. The molecule has 2 heteroatoms. The standard InChI is InChI=1S/C12H17NO.C4H10/c1-10-3-4-12(11(2)9-10)13-5-7-14-8-6-13;1-3-4-2/h3-4,9H,5-8H2,1-2H3;3-4H2,1-2H3. The van der Waals surface area contributed by atoms with Crippen LogP contribution in [0, 0.1) is 13.8 Å². The summed E-state index contributed by atoms with van der Waals surface area (Å²) >= 11 is 0. The number of unbranched alkanes of at least 4 members (excludes halogenated alkanes) is 1. The second kappa shape index (κ2) is 8.15. The molecule has 0 aromatic heterocycles. The Bertz CT molecular complexity index is 341. The van der Waals surface area contributed by atoms with E-state index >= 15 is 0 Å². The fourth-order valence-corrected chi connectivity index (χ4v) is 1.96. The Labute approximate surface area is 112 Å². The van der Waals surface area contributed by atoms with Crippen LogP contribution < -0.4 is 4.90 Å². The van der Waals surface area contributed by atoms with Gasteiger partial charge in [0.15, 0.2) is 0 Å². The van der Waals surface area contributed by atoms with E-state index in [1.807, 2.05) is 0 Å². The van der Waals surface area contributed by atoms with Gasteiger partial charge in [0, 0.05) is 18.8 Å². The van der Waals surface area contributed by atoms with Crippen LogP contribution in [0.15, 0.2) is 18.2 Å². The van der Waals surface area contributed by atoms with E-state index in [0.29, 0.717) is 0 Å². The highest BCUT2D eigenvalue weighted by Gasteiger charge is 2.12. The molecule has 1 aromatic carbocycles. The van der Waals surface area contributed by atoms with Gasteiger partial charge in [0.2, 0.25) is 0 Å². The number of rotatable bonds is 2. The van der Waals surface area contributed by atoms with Crippen LogP contribution >= 0.6 is 0 Å². The Balaban J connectivity index is 0.000000357. The van der Waals surface area contributed by atoms with Crippen molar-refractivity contribution >= 4 is 5.69 Å². The van der Waals surface area contributed by atoms with E-state index in [0.717, 1.165) is 26.3 Å². The molecule has 0 bridgehead atoms. The maximum absolute atomic E-state index is 5.34. The Morgan fingerprint density at radius 3 is 2.17 bits per heavy atom. The maximum atomic E-state index is 5.34. The molecule has 0 unspecified atom stereocenters. The lowest BCUT2D eigenvalue weighted by atomic mass is 10.1. The van der Waals surface area contributed by atoms with E-state index in [2.05, 4.69) is 50.8 Å². The van der Waals surface area contributed by atoms with E-state index in [4.69, 9.17) is 4.74 Å². The molecule has 0 spiro atoms. The van der Waals surface area contributed by atoms with Crippen molar-refractivity contribution in [1.29, 1.82) is 0 Å². The molecule has 1 saturated heterocycles. The molecule has 0 aliphatic carbocycles. The fourth-order valence-electron chi connectivity index (χ4n) is 1.96. The minimum atomic E-state index is 0.854. The number of nitrogens with zero attached hydrogens (tertiary/aromatic N) is 1. The van der Waals surface area contributed by atoms with Gasteiger partial charge in [-0.15, -0.1) is 0 Å². The second-order valence-corrected chi connectivity index (χ2v) is 4.89. The first kappa shape index (κ1) is 15.0. The highest BCUT2D eigenvalue weighted by Crippen LogP contribution is 2.21. The average Bonchev–Trinajstić information content (AvgIpc) is 2.40. The SMILES string of the molecule is CCCC.Cc1ccc(N2CCOCC2)c(C)c1. The number of benzene rings is 1. The van der Waals surface area contributed by atoms with Crippen molar-refractivity contribution in [3.8, 4) is 0 Å². The van der Waals surface area contributed by atoms with E-state index < -0.39 is 0 Å². The molecule has 0 N–H and O–H groups in total. The minimum Gasteiger partial charge on any atom is -0.378 e. The number of ether oxygens (including phenoxy) is 1. The Hall–Kier alpha value is -1.02. The number of hydrogen-bond donors (Lipinski definition) is 0. The van der Waals surface area contributed by atoms with Crippen LogP contribution in [0.2, 0.25) is 0 Å². The summed E-state index contributed by atoms with van der Waals surface area (Å²) in [4.78, 5) is 2.40. The Kier molecular flexibility index (Phi) is 6.81. The van der Waals surface area contributed by atoms with Gasteiger partial charge in [0.25, 0.3) is 0 Å². The first-order valence-corrected chi connectivity index (χ1v) is 7.09. The van der Waals surface area contributed by atoms with Crippen LogP contribution in [-0.4, -0.2) is 26.3 Å². The zero-order chi connectivity index (χ0) is 13.4. The summed E-state index contributed by atoms with van der Waals surface area (Å²) in [7, 11) is 0. The van der Waals surface area contributed by atoms with Crippen LogP contribution in [0.3, 0.4) is 0 Å². The molecule has 2 rings (SSSR count). The second-order valence-electron chi connectivity index (χ2n) is 4.89. The van der Waals surface area contributed by atoms with Crippen LogP contribution in [0.5, 0.6) is 0 Å². The van der Waals surface area contributed by atoms with Gasteiger partial charge in [-0.2, -0.15) is 0 Å². The van der Waals surface area contributed by atoms with Crippen molar-refractivity contribution in [1.82, 2.24) is 0 Å². The van der Waals surface area contributed by atoms with Crippen molar-refractivity contribution in [2.75, 3.05) is 31.2 Å². The minimum absolute atomic E-state index is 0.854. The summed E-state index contributed by atoms with van der Waals surface area (Å²) in [6.45, 7) is 12.4. The summed E-state index contributed by atoms with van der Waals surface area (Å²) < 4.78 is 5.34. The number of aryl methyl sites for hydroxylation is 2. The molecule has 18 heavy (non-hydrogen) atoms. The highest BCUT2D eigenvalue weighted by molar-refractivity contribution is 5.54. The molecule has 2 nitrogen and oxygen atoms in total. The fraction of sp³-hybridized carbons (Fsp3) is 0.625. The smallest absolute Gasteiger partial charge is 0.0642 e. The maximum Gasteiger partial charge on any atom is 0.0642 e. The quantitative estimate of drug-likeness (QED) is 0.787. The van der Waals surface area contributed by atoms with Crippen molar-refractivity contribution in [2.45, 2.75) is 40.5 Å². The molecule has 0 atom stereocenters. The lowest BCUT2D eigenvalue weighted by molar-refractivity contribution is 0.122. The van der Waals surface area contributed by atoms with Crippen LogP contribution in [-0.2, 0) is 4.74 Å². The van der Waals surface area contributed by atoms with Gasteiger partial charge in [0.05, 0.1) is 13.2 Å². The van der Waals surface area contributed by atoms with Gasteiger partial charge in [0.1, 0.15) is 0 Å². The summed E-state index contributed by atoms with van der Waals surface area (Å²) in [6, 6.07) is 6.64. The third-order valence-electron chi connectivity index (χ3n) is 3.20. The van der Waals surface area contributed by atoms with Crippen molar-refractivity contribution in [3.63, 3.8) is 0 Å². The molecule has 0 saturated carbocycles. The van der Waals surface area contributed by atoms with E-state index in [1.54, 1.807) is 0 Å². The summed E-state index contributed by atoms with van der Waals surface area (Å²) in [5.74, 6) is 0. The Morgan fingerprint density at radius 1 is 1.06 bits per heavy atom. The van der Waals surface area contributed by atoms with Crippen molar-refractivity contribution in [2.24, 2.45) is 0 Å². The summed E-state index contributed by atoms with van der Waals surface area (Å²) in [5.41, 5.74) is 4.06. The molecule has 0 radical (unpaired) electrons. The Morgan fingerprint density at radius 2 is 1.67 bits per heavy atom. The van der Waals surface area contributed by atoms with Gasteiger partial charge >= 0.3 is 0 Å². The predicted molar refractivity (Wildman–Crippen MR) is 79.5 cm³/mol. The molecule has 1 aliphatic heterocycles. The van der Waals surface area contributed by atoms with Gasteiger partial charge in [-0.25, -0.2) is 0 Å². The lowest BCUT2D eigenvalue weighted by Crippen LogP contribution is -2.36. The molecular weight excluding hydrogens is 222 g/mol. The van der Waals surface area contributed by atoms with Crippen molar-refractivity contribution in [3.05, 3.63) is 29.3 Å². The average molecular weight is 249 g/mol. The van der Waals surface area contributed by atoms with Gasteiger partial charge in [-0.05, 0) is 25.5 Å². The third-order valence-corrected chi connectivity index (χ3v) is 3.20. The molecule has 0 amide bonds. The monoisotopic (exact) mass is 249 g/mol. The third kappa shape index (κ3) is 4.69. The van der Waals surface area contributed by atoms with Gasteiger partial charge in [-0.1, -0.05) is 44.4 Å². The highest BCUT2D eigenvalue weighted by atomic mass is 16.5. The lowest BCUT2D eigenvalue weighted by Gasteiger charge is -2.30. The number of morpholine rings is 1. The zero-order valence-corrected chi connectivity index (χ0v) is 12.3. The molecule has 102 valence electrons. The topological polar surface area (TPSA) is 12.5 Å². The summed E-state index contributed by atoms with van der Waals surface area (Å²) in [5, 5.41) is 0. The molecular formula is C16H27NO. The first-order valence-electron chi connectivity index (χ1n) is 7.09. The van der Waals surface area contributed by atoms with Crippen LogP contribution in [0.1, 0.15) is 37.8 Å². The van der Waals surface area contributed by atoms with E-state index in [9.17, 15) is 0 Å². The predicted octanol–water partition coefficient (Wildman–Crippen LogP) is 3.95. The first-order chi connectivity index (χ1) is 8.69. The van der Waals surface area contributed by atoms with E-state index in [-0.39, 0.29) is 0 Å². The van der Waals surface area contributed by atoms with Crippen molar-refractivity contribution < 1.29 is 4.74 Å². The number of hydrogen-bond acceptors (Lipinski definition) is 2. The summed E-state index contributed by atoms with van der Waals surface area (Å²) in [6.07, 6.45) is 2.64. The molecule has 1 aliphatic rings. The van der Waals surface area contributed by atoms with E-state index in [1.165, 1.54) is 29.7 Å². The van der Waals surface area contributed by atoms with Gasteiger partial charge in [-0.3, -0.25) is 0 Å². The number of anilines is 1. The largest absolute Gasteiger partial charge is 0.378 e. The molecule has 1 aromatic rings. The van der Waals surface area contributed by atoms with Crippen LogP contribution in [0.4, 0.5) is 5.69 Å². The molecule has 1 heterocycles. The van der Waals surface area contributed by atoms with Crippen LogP contribution in [0.25, 0.3) is 0 Å². The normalized spacial score (nSPS) is 15.0. The zero-order valence-electron chi connectivity index (χ0n) is 12.3. The van der Waals surface area contributed by atoms with Gasteiger partial charge < -0.3 is 9.64 Å².